The zero-order valence-corrected chi connectivity index (χ0v) is 15.7. The third-order valence-corrected chi connectivity index (χ3v) is 3.87. The molecule has 6 nitrogen and oxygen atoms in total. The normalized spacial score (nSPS) is 10.3. The number of carbonyl (C=O) groups is 1. The Hall–Kier alpha value is -2.60. The van der Waals surface area contributed by atoms with Crippen LogP contribution in [0.1, 0.15) is 29.8 Å². The number of nitrogens with one attached hydrogen (secondary N) is 1. The van der Waals surface area contributed by atoms with E-state index in [4.69, 9.17) is 30.9 Å². The maximum atomic E-state index is 11.2. The van der Waals surface area contributed by atoms with Crippen LogP contribution in [0.25, 0.3) is 0 Å². The monoisotopic (exact) mass is 379 g/mol. The second-order valence-electron chi connectivity index (χ2n) is 5.34. The molecular weight excluding hydrogens is 358 g/mol. The molecule has 0 bridgehead atoms. The number of benzene rings is 2. The molecule has 0 unspecified atom stereocenters. The highest BCUT2D eigenvalue weighted by atomic mass is 35.5. The maximum Gasteiger partial charge on any atom is 0.335 e. The summed E-state index contributed by atoms with van der Waals surface area (Å²) >= 11 is 6.32. The van der Waals surface area contributed by atoms with Crippen LogP contribution in [0.15, 0.2) is 30.3 Å². The number of rotatable bonds is 9. The Labute approximate surface area is 157 Å². The molecule has 140 valence electrons. The lowest BCUT2D eigenvalue weighted by Crippen LogP contribution is -2.05. The lowest BCUT2D eigenvalue weighted by atomic mass is 10.1. The predicted molar refractivity (Wildman–Crippen MR) is 101 cm³/mol. The predicted octanol–water partition coefficient (Wildman–Crippen LogP) is 4.46. The van der Waals surface area contributed by atoms with Crippen molar-refractivity contribution < 1.29 is 24.1 Å². The van der Waals surface area contributed by atoms with E-state index in [1.54, 1.807) is 12.1 Å². The minimum Gasteiger partial charge on any atom is -0.495 e. The highest BCUT2D eigenvalue weighted by molar-refractivity contribution is 6.32. The van der Waals surface area contributed by atoms with Crippen LogP contribution < -0.4 is 19.5 Å². The van der Waals surface area contributed by atoms with Crippen LogP contribution in [0.3, 0.4) is 0 Å². The van der Waals surface area contributed by atoms with Crippen molar-refractivity contribution >= 4 is 23.3 Å². The van der Waals surface area contributed by atoms with Crippen LogP contribution in [0.5, 0.6) is 17.2 Å². The first-order valence-corrected chi connectivity index (χ1v) is 8.61. The number of aromatic carboxylic acids is 1. The molecule has 0 saturated carbocycles. The van der Waals surface area contributed by atoms with Crippen molar-refractivity contribution in [3.63, 3.8) is 0 Å². The third-order valence-electron chi connectivity index (χ3n) is 3.59. The molecule has 2 aromatic rings. The Morgan fingerprint density at radius 1 is 1.12 bits per heavy atom. The van der Waals surface area contributed by atoms with Crippen LogP contribution in [0, 0.1) is 0 Å². The van der Waals surface area contributed by atoms with Crippen LogP contribution >= 0.6 is 11.6 Å². The fourth-order valence-electron chi connectivity index (χ4n) is 2.45. The summed E-state index contributed by atoms with van der Waals surface area (Å²) < 4.78 is 16.5. The van der Waals surface area contributed by atoms with Crippen molar-refractivity contribution in [1.82, 2.24) is 0 Å². The van der Waals surface area contributed by atoms with E-state index < -0.39 is 5.97 Å². The molecule has 0 heterocycles. The molecule has 0 radical (unpaired) electrons. The summed E-state index contributed by atoms with van der Waals surface area (Å²) in [5, 5.41) is 12.8. The zero-order chi connectivity index (χ0) is 19.1. The Balaban J connectivity index is 2.26. The largest absolute Gasteiger partial charge is 0.495 e. The van der Waals surface area contributed by atoms with E-state index in [-0.39, 0.29) is 5.56 Å². The minimum absolute atomic E-state index is 0.174. The fourth-order valence-corrected chi connectivity index (χ4v) is 2.74. The Bertz CT molecular complexity index is 779. The van der Waals surface area contributed by atoms with Gasteiger partial charge in [-0.05, 0) is 49.7 Å². The highest BCUT2D eigenvalue weighted by Gasteiger charge is 2.13. The molecule has 0 saturated heterocycles. The quantitative estimate of drug-likeness (QED) is 0.670. The average molecular weight is 380 g/mol. The highest BCUT2D eigenvalue weighted by Crippen LogP contribution is 2.37. The summed E-state index contributed by atoms with van der Waals surface area (Å²) in [5.41, 5.74) is 1.62. The number of anilines is 1. The molecule has 0 fully saturated rings. The van der Waals surface area contributed by atoms with E-state index in [9.17, 15) is 4.79 Å². The SMILES string of the molecule is CCOc1cc(CNc2cc(C(=O)O)ccc2OC)cc(Cl)c1OCC. The van der Waals surface area contributed by atoms with Gasteiger partial charge < -0.3 is 24.6 Å². The van der Waals surface area contributed by atoms with Crippen molar-refractivity contribution in [1.29, 1.82) is 0 Å². The lowest BCUT2D eigenvalue weighted by molar-refractivity contribution is 0.0697. The molecule has 2 aromatic carbocycles. The smallest absolute Gasteiger partial charge is 0.335 e. The molecule has 2 rings (SSSR count). The van der Waals surface area contributed by atoms with Crippen molar-refractivity contribution in [3.8, 4) is 17.2 Å². The first kappa shape index (κ1) is 19.7. The number of hydrogen-bond donors (Lipinski definition) is 2. The Morgan fingerprint density at radius 3 is 2.46 bits per heavy atom. The molecule has 0 aliphatic carbocycles. The number of carboxylic acids is 1. The molecule has 0 aliphatic rings. The van der Waals surface area contributed by atoms with Gasteiger partial charge in [0, 0.05) is 6.54 Å². The van der Waals surface area contributed by atoms with E-state index in [0.717, 1.165) is 5.56 Å². The van der Waals surface area contributed by atoms with Gasteiger partial charge >= 0.3 is 5.97 Å². The van der Waals surface area contributed by atoms with Crippen LogP contribution in [0.4, 0.5) is 5.69 Å². The van der Waals surface area contributed by atoms with Gasteiger partial charge in [-0.2, -0.15) is 0 Å². The fraction of sp³-hybridized carbons (Fsp3) is 0.316. The molecule has 0 aliphatic heterocycles. The maximum absolute atomic E-state index is 11.2. The first-order chi connectivity index (χ1) is 12.5. The summed E-state index contributed by atoms with van der Waals surface area (Å²) in [6.45, 7) is 5.14. The third kappa shape index (κ3) is 4.73. The van der Waals surface area contributed by atoms with Crippen molar-refractivity contribution in [2.45, 2.75) is 20.4 Å². The molecule has 0 atom stereocenters. The minimum atomic E-state index is -1.00. The van der Waals surface area contributed by atoms with E-state index in [1.807, 2.05) is 19.9 Å². The standard InChI is InChI=1S/C19H22ClNO5/c1-4-25-17-9-12(8-14(20)18(17)26-5-2)11-21-15-10-13(19(22)23)6-7-16(15)24-3/h6-10,21H,4-5,11H2,1-3H3,(H,22,23). The molecular formula is C19H22ClNO5. The van der Waals surface area contributed by atoms with Crippen LogP contribution in [0.2, 0.25) is 5.02 Å². The zero-order valence-electron chi connectivity index (χ0n) is 15.0. The second kappa shape index (κ2) is 9.20. The molecule has 0 amide bonds. The average Bonchev–Trinajstić information content (AvgIpc) is 2.62. The van der Waals surface area contributed by atoms with Gasteiger partial charge in [0.1, 0.15) is 5.75 Å². The Kier molecular flexibility index (Phi) is 6.97. The van der Waals surface area contributed by atoms with Crippen LogP contribution in [-0.2, 0) is 6.54 Å². The number of ether oxygens (including phenoxy) is 3. The van der Waals surface area contributed by atoms with Crippen LogP contribution in [-0.4, -0.2) is 31.4 Å². The lowest BCUT2D eigenvalue weighted by Gasteiger charge is -2.16. The van der Waals surface area contributed by atoms with Crippen molar-refractivity contribution in [2.75, 3.05) is 25.6 Å². The summed E-state index contributed by atoms with van der Waals surface area (Å²) in [4.78, 5) is 11.2. The molecule has 26 heavy (non-hydrogen) atoms. The molecule has 0 aromatic heterocycles. The molecule has 2 N–H and O–H groups in total. The van der Waals surface area contributed by atoms with Gasteiger partial charge in [-0.3, -0.25) is 0 Å². The number of carboxylic acid groups (broad SMARTS) is 1. The summed E-state index contributed by atoms with van der Waals surface area (Å²) in [6.07, 6.45) is 0. The van der Waals surface area contributed by atoms with Gasteiger partial charge in [0.05, 0.1) is 36.6 Å². The molecule has 7 heteroatoms. The van der Waals surface area contributed by atoms with E-state index in [1.165, 1.54) is 19.2 Å². The van der Waals surface area contributed by atoms with Crippen molar-refractivity contribution in [2.24, 2.45) is 0 Å². The second-order valence-corrected chi connectivity index (χ2v) is 5.75. The first-order valence-electron chi connectivity index (χ1n) is 8.23. The van der Waals surface area contributed by atoms with E-state index in [2.05, 4.69) is 5.32 Å². The number of methoxy groups -OCH3 is 1. The van der Waals surface area contributed by atoms with Gasteiger partial charge in [-0.25, -0.2) is 4.79 Å². The summed E-state index contributed by atoms with van der Waals surface area (Å²) in [6, 6.07) is 8.27. The topological polar surface area (TPSA) is 77.0 Å². The number of hydrogen-bond acceptors (Lipinski definition) is 5. The van der Waals surface area contributed by atoms with Gasteiger partial charge in [0.15, 0.2) is 11.5 Å². The van der Waals surface area contributed by atoms with Gasteiger partial charge in [-0.1, -0.05) is 11.6 Å². The number of halogens is 1. The summed E-state index contributed by atoms with van der Waals surface area (Å²) in [5.74, 6) is 0.644. The van der Waals surface area contributed by atoms with Gasteiger partial charge in [0.2, 0.25) is 0 Å². The van der Waals surface area contributed by atoms with E-state index in [0.29, 0.717) is 47.7 Å². The Morgan fingerprint density at radius 2 is 1.85 bits per heavy atom. The summed E-state index contributed by atoms with van der Waals surface area (Å²) in [7, 11) is 1.53. The van der Waals surface area contributed by atoms with Gasteiger partial charge in [-0.15, -0.1) is 0 Å². The van der Waals surface area contributed by atoms with Gasteiger partial charge in [0.25, 0.3) is 0 Å². The molecule has 0 spiro atoms. The van der Waals surface area contributed by atoms with Crippen molar-refractivity contribution in [3.05, 3.63) is 46.5 Å². The van der Waals surface area contributed by atoms with E-state index >= 15 is 0 Å².